The maximum atomic E-state index is 12.7. The highest BCUT2D eigenvalue weighted by molar-refractivity contribution is 6.01. The van der Waals surface area contributed by atoms with Gasteiger partial charge in [0.25, 0.3) is 0 Å². The molecule has 1 aromatic carbocycles. The molecule has 0 fully saturated rings. The zero-order valence-corrected chi connectivity index (χ0v) is 16.3. The van der Waals surface area contributed by atoms with Crippen molar-refractivity contribution in [2.45, 2.75) is 32.8 Å². The van der Waals surface area contributed by atoms with Gasteiger partial charge in [-0.1, -0.05) is 48.6 Å². The lowest BCUT2D eigenvalue weighted by Gasteiger charge is -2.29. The van der Waals surface area contributed by atoms with Crippen molar-refractivity contribution >= 4 is 23.9 Å². The van der Waals surface area contributed by atoms with E-state index in [4.69, 9.17) is 14.9 Å². The fraction of sp³-hybridized carbons (Fsp3) is 0.364. The van der Waals surface area contributed by atoms with Crippen molar-refractivity contribution in [3.8, 4) is 0 Å². The van der Waals surface area contributed by atoms with Crippen LogP contribution in [0.1, 0.15) is 32.3 Å². The second kappa shape index (κ2) is 11.7. The number of rotatable bonds is 11. The summed E-state index contributed by atoms with van der Waals surface area (Å²) in [4.78, 5) is 25.3. The molecule has 1 unspecified atom stereocenters. The number of carbonyl (C=O) groups excluding carboxylic acids is 2. The topological polar surface area (TPSA) is 96.7 Å². The van der Waals surface area contributed by atoms with Crippen LogP contribution < -0.4 is 0 Å². The van der Waals surface area contributed by atoms with Crippen LogP contribution in [0.25, 0.3) is 6.08 Å². The van der Waals surface area contributed by atoms with Gasteiger partial charge in [0, 0.05) is 12.0 Å². The minimum atomic E-state index is -1.72. The maximum absolute atomic E-state index is 12.7. The normalized spacial score (nSPS) is 12.1. The van der Waals surface area contributed by atoms with Gasteiger partial charge in [-0.2, -0.15) is 0 Å². The lowest BCUT2D eigenvalue weighted by atomic mass is 9.77. The van der Waals surface area contributed by atoms with Crippen molar-refractivity contribution in [3.05, 3.63) is 60.2 Å². The molecule has 0 bridgehead atoms. The van der Waals surface area contributed by atoms with Crippen molar-refractivity contribution in [2.75, 3.05) is 13.2 Å². The number of allylic oxidation sites excluding steroid dienone is 1. The molecule has 0 saturated heterocycles. The SMILES string of the molecule is C=CCC(CC(=C=N)C(O)/C=C/c1ccccc1)(C(=O)OCC)C(=O)OCC. The molecule has 0 heterocycles. The van der Waals surface area contributed by atoms with E-state index < -0.39 is 23.5 Å². The van der Waals surface area contributed by atoms with E-state index in [1.165, 1.54) is 12.2 Å². The predicted octanol–water partition coefficient (Wildman–Crippen LogP) is 3.31. The minimum Gasteiger partial charge on any atom is -0.465 e. The van der Waals surface area contributed by atoms with Crippen molar-refractivity contribution < 1.29 is 24.2 Å². The smallest absolute Gasteiger partial charge is 0.324 e. The molecule has 28 heavy (non-hydrogen) atoms. The lowest BCUT2D eigenvalue weighted by molar-refractivity contribution is -0.172. The first-order valence-corrected chi connectivity index (χ1v) is 9.10. The number of aliphatic hydroxyl groups excluding tert-OH is 1. The summed E-state index contributed by atoms with van der Waals surface area (Å²) in [6.07, 6.45) is 3.06. The van der Waals surface area contributed by atoms with Gasteiger partial charge in [-0.15, -0.1) is 6.58 Å². The van der Waals surface area contributed by atoms with Gasteiger partial charge in [0.1, 0.15) is 6.10 Å². The molecular formula is C22H27NO5. The third kappa shape index (κ3) is 6.05. The average molecular weight is 385 g/mol. The van der Waals surface area contributed by atoms with Crippen LogP contribution in [-0.2, 0) is 19.1 Å². The Balaban J connectivity index is 3.19. The first-order valence-electron chi connectivity index (χ1n) is 9.10. The second-order valence-electron chi connectivity index (χ2n) is 6.06. The van der Waals surface area contributed by atoms with Crippen molar-refractivity contribution in [2.24, 2.45) is 5.41 Å². The highest BCUT2D eigenvalue weighted by Crippen LogP contribution is 2.35. The van der Waals surface area contributed by atoms with Gasteiger partial charge >= 0.3 is 11.9 Å². The van der Waals surface area contributed by atoms with Gasteiger partial charge in [-0.25, -0.2) is 0 Å². The molecule has 2 N–H and O–H groups in total. The molecule has 0 saturated carbocycles. The Morgan fingerprint density at radius 1 is 1.21 bits per heavy atom. The van der Waals surface area contributed by atoms with Crippen LogP contribution in [0.3, 0.4) is 0 Å². The Kier molecular flexibility index (Phi) is 9.65. The molecule has 150 valence electrons. The molecule has 0 spiro atoms. The van der Waals surface area contributed by atoms with E-state index in [0.717, 1.165) is 5.56 Å². The number of aliphatic hydroxyl groups is 1. The van der Waals surface area contributed by atoms with Crippen LogP contribution in [0, 0.1) is 10.8 Å². The number of carbonyl (C=O) groups is 2. The maximum Gasteiger partial charge on any atom is 0.324 e. The number of hydrogen-bond donors (Lipinski definition) is 2. The minimum absolute atomic E-state index is 0.0506. The van der Waals surface area contributed by atoms with E-state index in [-0.39, 0.29) is 31.6 Å². The van der Waals surface area contributed by atoms with E-state index in [1.807, 2.05) is 30.3 Å². The summed E-state index contributed by atoms with van der Waals surface area (Å²) >= 11 is 0. The standard InChI is InChI=1S/C22H27NO5/c1-4-14-22(20(25)27-5-2,21(26)28-6-3)15-18(16-23)19(24)13-12-17-10-8-7-9-11-17/h4,7-13,19,23-24H,1,5-6,14-15H2,2-3H3/b13-12+. The zero-order chi connectivity index (χ0) is 21.0. The van der Waals surface area contributed by atoms with Gasteiger partial charge < -0.3 is 14.6 Å². The van der Waals surface area contributed by atoms with Gasteiger partial charge in [-0.05, 0) is 31.7 Å². The van der Waals surface area contributed by atoms with Gasteiger partial charge in [0.2, 0.25) is 0 Å². The molecule has 1 rings (SSSR count). The van der Waals surface area contributed by atoms with Crippen LogP contribution >= 0.6 is 0 Å². The third-order valence-corrected chi connectivity index (χ3v) is 4.11. The molecule has 0 radical (unpaired) electrons. The molecule has 0 aliphatic heterocycles. The van der Waals surface area contributed by atoms with E-state index in [9.17, 15) is 14.7 Å². The third-order valence-electron chi connectivity index (χ3n) is 4.11. The summed E-state index contributed by atoms with van der Waals surface area (Å²) in [5.74, 6) is 0.606. The van der Waals surface area contributed by atoms with Gasteiger partial charge in [0.05, 0.1) is 13.2 Å². The quantitative estimate of drug-likeness (QED) is 0.264. The number of benzene rings is 1. The zero-order valence-electron chi connectivity index (χ0n) is 16.3. The molecule has 0 aliphatic carbocycles. The van der Waals surface area contributed by atoms with Crippen LogP contribution in [0.15, 0.2) is 54.6 Å². The molecular weight excluding hydrogens is 358 g/mol. The van der Waals surface area contributed by atoms with Crippen molar-refractivity contribution in [1.29, 1.82) is 5.41 Å². The molecule has 6 heteroatoms. The molecule has 0 aromatic heterocycles. The average Bonchev–Trinajstić information content (AvgIpc) is 2.70. The molecule has 6 nitrogen and oxygen atoms in total. The number of nitrogens with one attached hydrogen (secondary N) is 1. The highest BCUT2D eigenvalue weighted by atomic mass is 16.6. The summed E-state index contributed by atoms with van der Waals surface area (Å²) in [6, 6.07) is 9.30. The summed E-state index contributed by atoms with van der Waals surface area (Å²) in [5, 5.41) is 18.0. The van der Waals surface area contributed by atoms with Gasteiger partial charge in [0.15, 0.2) is 5.41 Å². The molecule has 0 amide bonds. The first kappa shape index (κ1) is 23.1. The van der Waals surface area contributed by atoms with Crippen LogP contribution in [0.4, 0.5) is 0 Å². The van der Waals surface area contributed by atoms with Crippen LogP contribution in [-0.4, -0.2) is 42.2 Å². The number of ether oxygens (including phenoxy) is 2. The highest BCUT2D eigenvalue weighted by Gasteiger charge is 2.49. The van der Waals surface area contributed by atoms with Crippen LogP contribution in [0.2, 0.25) is 0 Å². The Morgan fingerprint density at radius 3 is 2.25 bits per heavy atom. The predicted molar refractivity (Wildman–Crippen MR) is 108 cm³/mol. The first-order chi connectivity index (χ1) is 13.4. The van der Waals surface area contributed by atoms with E-state index in [2.05, 4.69) is 12.4 Å². The second-order valence-corrected chi connectivity index (χ2v) is 6.06. The summed E-state index contributed by atoms with van der Waals surface area (Å²) < 4.78 is 10.2. The summed E-state index contributed by atoms with van der Waals surface area (Å²) in [6.45, 7) is 7.04. The Hall–Kier alpha value is -2.95. The fourth-order valence-corrected chi connectivity index (χ4v) is 2.68. The fourth-order valence-electron chi connectivity index (χ4n) is 2.68. The molecule has 0 aliphatic rings. The van der Waals surface area contributed by atoms with Gasteiger partial charge in [-0.3, -0.25) is 15.0 Å². The monoisotopic (exact) mass is 385 g/mol. The number of esters is 2. The van der Waals surface area contributed by atoms with E-state index in [0.29, 0.717) is 0 Å². The summed E-state index contributed by atoms with van der Waals surface area (Å²) in [5.41, 5.74) is -0.798. The Morgan fingerprint density at radius 2 is 1.79 bits per heavy atom. The van der Waals surface area contributed by atoms with Crippen LogP contribution in [0.5, 0.6) is 0 Å². The van der Waals surface area contributed by atoms with Crippen molar-refractivity contribution in [3.63, 3.8) is 0 Å². The van der Waals surface area contributed by atoms with E-state index >= 15 is 0 Å². The van der Waals surface area contributed by atoms with Crippen molar-refractivity contribution in [1.82, 2.24) is 0 Å². The summed E-state index contributed by atoms with van der Waals surface area (Å²) in [7, 11) is 0. The lowest BCUT2D eigenvalue weighted by Crippen LogP contribution is -2.43. The largest absolute Gasteiger partial charge is 0.465 e. The molecule has 1 aromatic rings. The number of hydrogen-bond acceptors (Lipinski definition) is 6. The Bertz CT molecular complexity index is 729. The van der Waals surface area contributed by atoms with E-state index in [1.54, 1.807) is 19.9 Å². The Labute approximate surface area is 165 Å². The molecule has 1 atom stereocenters.